The fourth-order valence-electron chi connectivity index (χ4n) is 1.68. The van der Waals surface area contributed by atoms with Crippen molar-refractivity contribution in [1.82, 2.24) is 4.98 Å². The first-order chi connectivity index (χ1) is 8.99. The van der Waals surface area contributed by atoms with Crippen LogP contribution in [0.3, 0.4) is 0 Å². The second-order valence-corrected chi connectivity index (χ2v) is 3.74. The Kier molecular flexibility index (Phi) is 3.24. The smallest absolute Gasteiger partial charge is 0.355 e. The van der Waals surface area contributed by atoms with Gasteiger partial charge in [-0.05, 0) is 29.8 Å². The van der Waals surface area contributed by atoms with Crippen LogP contribution in [0.25, 0.3) is 11.1 Å². The summed E-state index contributed by atoms with van der Waals surface area (Å²) in [6, 6.07) is 6.07. The van der Waals surface area contributed by atoms with Gasteiger partial charge in [0.1, 0.15) is 5.82 Å². The highest BCUT2D eigenvalue weighted by molar-refractivity contribution is 5.95. The molecule has 0 aliphatic carbocycles. The standard InChI is InChI=1S/C13H8FNO4/c14-9-5-7(4-8(6-9)12(16)17)10-2-1-3-15-11(10)13(18)19/h1-6H,(H,16,17)(H,18,19). The highest BCUT2D eigenvalue weighted by Gasteiger charge is 2.15. The molecule has 1 aromatic heterocycles. The summed E-state index contributed by atoms with van der Waals surface area (Å²) in [5, 5.41) is 17.9. The molecule has 0 radical (unpaired) electrons. The van der Waals surface area contributed by atoms with Gasteiger partial charge in [-0.15, -0.1) is 0 Å². The molecular formula is C13H8FNO4. The largest absolute Gasteiger partial charge is 0.478 e. The molecule has 0 spiro atoms. The van der Waals surface area contributed by atoms with Crippen molar-refractivity contribution in [3.63, 3.8) is 0 Å². The number of aromatic carboxylic acids is 2. The molecular weight excluding hydrogens is 253 g/mol. The van der Waals surface area contributed by atoms with E-state index in [1.165, 1.54) is 24.4 Å². The lowest BCUT2D eigenvalue weighted by molar-refractivity contribution is 0.0683. The van der Waals surface area contributed by atoms with Crippen LogP contribution in [0, 0.1) is 5.82 Å². The quantitative estimate of drug-likeness (QED) is 0.884. The molecule has 0 unspecified atom stereocenters. The zero-order chi connectivity index (χ0) is 14.0. The molecule has 0 atom stereocenters. The van der Waals surface area contributed by atoms with Gasteiger partial charge < -0.3 is 10.2 Å². The van der Waals surface area contributed by atoms with Gasteiger partial charge in [-0.2, -0.15) is 0 Å². The number of aromatic nitrogens is 1. The summed E-state index contributed by atoms with van der Waals surface area (Å²) in [6.45, 7) is 0. The van der Waals surface area contributed by atoms with Crippen LogP contribution in [0.4, 0.5) is 4.39 Å². The number of pyridine rings is 1. The molecule has 0 fully saturated rings. The number of hydrogen-bond donors (Lipinski definition) is 2. The van der Waals surface area contributed by atoms with Gasteiger partial charge in [0.25, 0.3) is 0 Å². The van der Waals surface area contributed by atoms with Crippen LogP contribution in [0.15, 0.2) is 36.5 Å². The normalized spacial score (nSPS) is 10.2. The maximum atomic E-state index is 13.4. The Morgan fingerprint density at radius 1 is 1.11 bits per heavy atom. The van der Waals surface area contributed by atoms with E-state index in [4.69, 9.17) is 10.2 Å². The van der Waals surface area contributed by atoms with Crippen LogP contribution in [0.5, 0.6) is 0 Å². The highest BCUT2D eigenvalue weighted by Crippen LogP contribution is 2.24. The fraction of sp³-hybridized carbons (Fsp3) is 0. The number of hydrogen-bond acceptors (Lipinski definition) is 3. The number of carboxylic acid groups (broad SMARTS) is 2. The Bertz CT molecular complexity index is 669. The van der Waals surface area contributed by atoms with Crippen LogP contribution < -0.4 is 0 Å². The van der Waals surface area contributed by atoms with Crippen molar-refractivity contribution in [2.75, 3.05) is 0 Å². The first-order valence-corrected chi connectivity index (χ1v) is 5.21. The summed E-state index contributed by atoms with van der Waals surface area (Å²) in [4.78, 5) is 25.6. The lowest BCUT2D eigenvalue weighted by Gasteiger charge is -2.06. The predicted molar refractivity (Wildman–Crippen MR) is 63.5 cm³/mol. The van der Waals surface area contributed by atoms with Crippen molar-refractivity contribution in [2.45, 2.75) is 0 Å². The Hall–Kier alpha value is -2.76. The number of halogens is 1. The van der Waals surface area contributed by atoms with Gasteiger partial charge in [-0.1, -0.05) is 6.07 Å². The van der Waals surface area contributed by atoms with Crippen LogP contribution >= 0.6 is 0 Å². The molecule has 19 heavy (non-hydrogen) atoms. The third-order valence-corrected chi connectivity index (χ3v) is 2.47. The van der Waals surface area contributed by atoms with E-state index in [-0.39, 0.29) is 22.4 Å². The molecule has 96 valence electrons. The molecule has 0 aliphatic heterocycles. The molecule has 2 rings (SSSR count). The predicted octanol–water partition coefficient (Wildman–Crippen LogP) is 2.28. The topological polar surface area (TPSA) is 87.5 Å². The van der Waals surface area contributed by atoms with E-state index in [1.807, 2.05) is 0 Å². The van der Waals surface area contributed by atoms with E-state index in [0.717, 1.165) is 12.1 Å². The lowest BCUT2D eigenvalue weighted by Crippen LogP contribution is -2.04. The zero-order valence-electron chi connectivity index (χ0n) is 9.50. The molecule has 0 bridgehead atoms. The summed E-state index contributed by atoms with van der Waals surface area (Å²) in [6.07, 6.45) is 1.30. The van der Waals surface area contributed by atoms with Crippen LogP contribution in [0.2, 0.25) is 0 Å². The van der Waals surface area contributed by atoms with E-state index in [0.29, 0.717) is 0 Å². The first-order valence-electron chi connectivity index (χ1n) is 5.21. The number of carbonyl (C=O) groups is 2. The monoisotopic (exact) mass is 261 g/mol. The maximum Gasteiger partial charge on any atom is 0.355 e. The van der Waals surface area contributed by atoms with Gasteiger partial charge in [0.15, 0.2) is 5.69 Å². The van der Waals surface area contributed by atoms with E-state index in [9.17, 15) is 14.0 Å². The van der Waals surface area contributed by atoms with E-state index < -0.39 is 17.8 Å². The Labute approximate surface area is 107 Å². The lowest BCUT2D eigenvalue weighted by atomic mass is 10.0. The van der Waals surface area contributed by atoms with Crippen molar-refractivity contribution in [3.8, 4) is 11.1 Å². The molecule has 1 aromatic carbocycles. The summed E-state index contributed by atoms with van der Waals surface area (Å²) < 4.78 is 13.4. The van der Waals surface area contributed by atoms with Gasteiger partial charge >= 0.3 is 11.9 Å². The molecule has 0 amide bonds. The van der Waals surface area contributed by atoms with Gasteiger partial charge in [-0.3, -0.25) is 0 Å². The van der Waals surface area contributed by atoms with Crippen molar-refractivity contribution < 1.29 is 24.2 Å². The van der Waals surface area contributed by atoms with Gasteiger partial charge in [0, 0.05) is 11.8 Å². The van der Waals surface area contributed by atoms with Gasteiger partial charge in [-0.25, -0.2) is 19.0 Å². The maximum absolute atomic E-state index is 13.4. The van der Waals surface area contributed by atoms with Crippen molar-refractivity contribution in [2.24, 2.45) is 0 Å². The minimum Gasteiger partial charge on any atom is -0.478 e. The second-order valence-electron chi connectivity index (χ2n) is 3.74. The third kappa shape index (κ3) is 2.57. The third-order valence-electron chi connectivity index (χ3n) is 2.47. The van der Waals surface area contributed by atoms with Crippen molar-refractivity contribution in [1.29, 1.82) is 0 Å². The molecule has 1 heterocycles. The average Bonchev–Trinajstić information content (AvgIpc) is 2.37. The SMILES string of the molecule is O=C(O)c1cc(F)cc(-c2cccnc2C(=O)O)c1. The molecule has 0 aliphatic rings. The van der Waals surface area contributed by atoms with Crippen LogP contribution in [-0.2, 0) is 0 Å². The van der Waals surface area contributed by atoms with Crippen LogP contribution in [-0.4, -0.2) is 27.1 Å². The summed E-state index contributed by atoms with van der Waals surface area (Å²) in [5.41, 5.74) is -0.195. The van der Waals surface area contributed by atoms with E-state index in [2.05, 4.69) is 4.98 Å². The Morgan fingerprint density at radius 3 is 2.47 bits per heavy atom. The summed E-state index contributed by atoms with van der Waals surface area (Å²) in [5.74, 6) is -3.31. The zero-order valence-corrected chi connectivity index (χ0v) is 9.50. The second kappa shape index (κ2) is 4.85. The average molecular weight is 261 g/mol. The van der Waals surface area contributed by atoms with Crippen molar-refractivity contribution >= 4 is 11.9 Å². The minimum atomic E-state index is -1.29. The molecule has 2 aromatic rings. The number of benzene rings is 1. The molecule has 5 nitrogen and oxygen atoms in total. The van der Waals surface area contributed by atoms with Crippen molar-refractivity contribution in [3.05, 3.63) is 53.6 Å². The Balaban J connectivity index is 2.65. The van der Waals surface area contributed by atoms with Gasteiger partial charge in [0.2, 0.25) is 0 Å². The van der Waals surface area contributed by atoms with Crippen LogP contribution in [0.1, 0.15) is 20.8 Å². The number of nitrogens with zero attached hydrogens (tertiary/aromatic N) is 1. The fourth-order valence-corrected chi connectivity index (χ4v) is 1.68. The molecule has 2 N–H and O–H groups in total. The number of rotatable bonds is 3. The van der Waals surface area contributed by atoms with E-state index >= 15 is 0 Å². The molecule has 0 saturated carbocycles. The number of carboxylic acids is 2. The molecule has 6 heteroatoms. The summed E-state index contributed by atoms with van der Waals surface area (Å²) in [7, 11) is 0. The Morgan fingerprint density at radius 2 is 1.84 bits per heavy atom. The van der Waals surface area contributed by atoms with E-state index in [1.54, 1.807) is 0 Å². The molecule has 0 saturated heterocycles. The first kappa shape index (κ1) is 12.7. The highest BCUT2D eigenvalue weighted by atomic mass is 19.1. The van der Waals surface area contributed by atoms with Gasteiger partial charge in [0.05, 0.1) is 5.56 Å². The minimum absolute atomic E-state index is 0.155. The summed E-state index contributed by atoms with van der Waals surface area (Å²) >= 11 is 0.